The monoisotopic (exact) mass is 210 g/mol. The molecule has 0 aliphatic heterocycles. The summed E-state index contributed by atoms with van der Waals surface area (Å²) < 4.78 is 5.12. The van der Waals surface area contributed by atoms with Crippen LogP contribution in [0.25, 0.3) is 0 Å². The topological polar surface area (TPSA) is 59.0 Å². The first-order valence-electron chi connectivity index (χ1n) is 4.15. The molecule has 74 valence electrons. The molecule has 0 fully saturated rings. The molecule has 0 saturated carbocycles. The molecule has 0 heterocycles. The second-order valence-corrected chi connectivity index (χ2v) is 3.33. The summed E-state index contributed by atoms with van der Waals surface area (Å²) >= 11 is 5.82. The van der Waals surface area contributed by atoms with E-state index >= 15 is 0 Å². The molecule has 4 heteroatoms. The summed E-state index contributed by atoms with van der Waals surface area (Å²) in [6.45, 7) is 0. The molecule has 1 rings (SSSR count). The Morgan fingerprint density at radius 1 is 1.64 bits per heavy atom. The normalized spacial score (nSPS) is 11.9. The van der Waals surface area contributed by atoms with Gasteiger partial charge in [0.1, 0.15) is 5.75 Å². The van der Waals surface area contributed by atoms with Crippen LogP contribution in [0, 0.1) is 11.3 Å². The molecule has 3 nitrogen and oxygen atoms in total. The SMILES string of the molecule is COc1ccc(Cl)cc1CC(N)C#N. The van der Waals surface area contributed by atoms with Crippen LogP contribution in [0.1, 0.15) is 5.56 Å². The van der Waals surface area contributed by atoms with Crippen molar-refractivity contribution in [2.45, 2.75) is 12.5 Å². The quantitative estimate of drug-likeness (QED) is 0.827. The molecular formula is C10H11ClN2O. The molecule has 2 N–H and O–H groups in total. The van der Waals surface area contributed by atoms with Gasteiger partial charge in [-0.1, -0.05) is 11.6 Å². The lowest BCUT2D eigenvalue weighted by Crippen LogP contribution is -2.20. The lowest BCUT2D eigenvalue weighted by molar-refractivity contribution is 0.409. The van der Waals surface area contributed by atoms with Crippen LogP contribution in [0.2, 0.25) is 5.02 Å². The molecule has 0 amide bonds. The van der Waals surface area contributed by atoms with E-state index in [4.69, 9.17) is 27.3 Å². The lowest BCUT2D eigenvalue weighted by Gasteiger charge is -2.09. The fourth-order valence-electron chi connectivity index (χ4n) is 1.19. The number of rotatable bonds is 3. The number of ether oxygens (including phenoxy) is 1. The zero-order valence-electron chi connectivity index (χ0n) is 7.83. The summed E-state index contributed by atoms with van der Waals surface area (Å²) in [6.07, 6.45) is 0.445. The highest BCUT2D eigenvalue weighted by atomic mass is 35.5. The van der Waals surface area contributed by atoms with Gasteiger partial charge in [0.2, 0.25) is 0 Å². The van der Waals surface area contributed by atoms with E-state index in [9.17, 15) is 0 Å². The largest absolute Gasteiger partial charge is 0.496 e. The Labute approximate surface area is 88.0 Å². The highest BCUT2D eigenvalue weighted by Gasteiger charge is 2.08. The van der Waals surface area contributed by atoms with Crippen molar-refractivity contribution in [2.24, 2.45) is 5.73 Å². The van der Waals surface area contributed by atoms with Gasteiger partial charge in [0.25, 0.3) is 0 Å². The summed E-state index contributed by atoms with van der Waals surface area (Å²) in [4.78, 5) is 0. The Morgan fingerprint density at radius 3 is 2.93 bits per heavy atom. The van der Waals surface area contributed by atoms with Gasteiger partial charge < -0.3 is 10.5 Å². The molecule has 0 radical (unpaired) electrons. The third-order valence-electron chi connectivity index (χ3n) is 1.85. The number of methoxy groups -OCH3 is 1. The van der Waals surface area contributed by atoms with Crippen LogP contribution in [0.3, 0.4) is 0 Å². The standard InChI is InChI=1S/C10H11ClN2O/c1-14-10-3-2-8(11)4-7(10)5-9(13)6-12/h2-4,9H,5,13H2,1H3. The molecular weight excluding hydrogens is 200 g/mol. The predicted molar refractivity (Wildman–Crippen MR) is 55.3 cm³/mol. The van der Waals surface area contributed by atoms with Gasteiger partial charge in [-0.2, -0.15) is 5.26 Å². The fraction of sp³-hybridized carbons (Fsp3) is 0.300. The average Bonchev–Trinajstić information content (AvgIpc) is 2.18. The third kappa shape index (κ3) is 2.63. The first kappa shape index (κ1) is 10.8. The van der Waals surface area contributed by atoms with E-state index in [-0.39, 0.29) is 0 Å². The molecule has 14 heavy (non-hydrogen) atoms. The van der Waals surface area contributed by atoms with Gasteiger partial charge in [0.15, 0.2) is 0 Å². The number of nitrogens with zero attached hydrogens (tertiary/aromatic N) is 1. The van der Waals surface area contributed by atoms with Crippen molar-refractivity contribution >= 4 is 11.6 Å². The predicted octanol–water partition coefficient (Wildman–Crippen LogP) is 1.74. The Morgan fingerprint density at radius 2 is 2.36 bits per heavy atom. The van der Waals surface area contributed by atoms with Crippen molar-refractivity contribution in [1.29, 1.82) is 5.26 Å². The Balaban J connectivity index is 2.94. The molecule has 0 aromatic heterocycles. The number of hydrogen-bond acceptors (Lipinski definition) is 3. The number of halogens is 1. The van der Waals surface area contributed by atoms with Crippen molar-refractivity contribution in [1.82, 2.24) is 0 Å². The zero-order chi connectivity index (χ0) is 10.6. The van der Waals surface area contributed by atoms with E-state index in [1.54, 1.807) is 25.3 Å². The second-order valence-electron chi connectivity index (χ2n) is 2.90. The number of benzene rings is 1. The Hall–Kier alpha value is -1.24. The summed E-state index contributed by atoms with van der Waals surface area (Å²) in [5.41, 5.74) is 6.37. The number of nitrogens with two attached hydrogens (primary N) is 1. The lowest BCUT2D eigenvalue weighted by atomic mass is 10.1. The second kappa shape index (κ2) is 4.85. The van der Waals surface area contributed by atoms with Crippen LogP contribution < -0.4 is 10.5 Å². The van der Waals surface area contributed by atoms with Crippen molar-refractivity contribution in [3.63, 3.8) is 0 Å². The molecule has 0 aliphatic carbocycles. The van der Waals surface area contributed by atoms with Crippen LogP contribution in [0.15, 0.2) is 18.2 Å². The molecule has 1 unspecified atom stereocenters. The maximum absolute atomic E-state index is 8.58. The van der Waals surface area contributed by atoms with Gasteiger partial charge in [0, 0.05) is 11.4 Å². The third-order valence-corrected chi connectivity index (χ3v) is 2.08. The van der Waals surface area contributed by atoms with Gasteiger partial charge in [0.05, 0.1) is 19.2 Å². The van der Waals surface area contributed by atoms with Gasteiger partial charge >= 0.3 is 0 Å². The van der Waals surface area contributed by atoms with Crippen molar-refractivity contribution in [3.05, 3.63) is 28.8 Å². The van der Waals surface area contributed by atoms with Crippen molar-refractivity contribution < 1.29 is 4.74 Å². The van der Waals surface area contributed by atoms with E-state index in [0.717, 1.165) is 5.56 Å². The molecule has 1 atom stereocenters. The summed E-state index contributed by atoms with van der Waals surface area (Å²) in [5.74, 6) is 0.708. The van der Waals surface area contributed by atoms with E-state index < -0.39 is 6.04 Å². The molecule has 0 aliphatic rings. The van der Waals surface area contributed by atoms with Crippen molar-refractivity contribution in [2.75, 3.05) is 7.11 Å². The van der Waals surface area contributed by atoms with E-state index in [0.29, 0.717) is 17.2 Å². The number of hydrogen-bond donors (Lipinski definition) is 1. The van der Waals surface area contributed by atoms with Gasteiger partial charge in [-0.05, 0) is 23.8 Å². The molecule has 0 bridgehead atoms. The first-order valence-corrected chi connectivity index (χ1v) is 4.52. The summed E-state index contributed by atoms with van der Waals surface area (Å²) in [7, 11) is 1.57. The molecule has 1 aromatic rings. The fourth-order valence-corrected chi connectivity index (χ4v) is 1.38. The van der Waals surface area contributed by atoms with Crippen LogP contribution in [-0.2, 0) is 6.42 Å². The highest BCUT2D eigenvalue weighted by molar-refractivity contribution is 6.30. The average molecular weight is 211 g/mol. The summed E-state index contributed by atoms with van der Waals surface area (Å²) in [6, 6.07) is 6.70. The van der Waals surface area contributed by atoms with Gasteiger partial charge in [-0.15, -0.1) is 0 Å². The minimum absolute atomic E-state index is 0.445. The van der Waals surface area contributed by atoms with E-state index in [1.807, 2.05) is 6.07 Å². The first-order chi connectivity index (χ1) is 6.67. The minimum atomic E-state index is -0.526. The zero-order valence-corrected chi connectivity index (χ0v) is 8.58. The molecule has 0 spiro atoms. The van der Waals surface area contributed by atoms with Crippen LogP contribution >= 0.6 is 11.6 Å². The van der Waals surface area contributed by atoms with Crippen LogP contribution in [0.5, 0.6) is 5.75 Å². The Bertz CT molecular complexity index is 360. The Kier molecular flexibility index (Phi) is 3.75. The van der Waals surface area contributed by atoms with Crippen LogP contribution in [-0.4, -0.2) is 13.2 Å². The molecule has 1 aromatic carbocycles. The van der Waals surface area contributed by atoms with E-state index in [1.165, 1.54) is 0 Å². The van der Waals surface area contributed by atoms with Crippen molar-refractivity contribution in [3.8, 4) is 11.8 Å². The summed E-state index contributed by atoms with van der Waals surface area (Å²) in [5, 5.41) is 9.20. The maximum Gasteiger partial charge on any atom is 0.122 e. The van der Waals surface area contributed by atoms with Crippen LogP contribution in [0.4, 0.5) is 0 Å². The minimum Gasteiger partial charge on any atom is -0.496 e. The maximum atomic E-state index is 8.58. The van der Waals surface area contributed by atoms with Gasteiger partial charge in [-0.3, -0.25) is 0 Å². The smallest absolute Gasteiger partial charge is 0.122 e. The van der Waals surface area contributed by atoms with E-state index in [2.05, 4.69) is 0 Å². The molecule has 0 saturated heterocycles. The highest BCUT2D eigenvalue weighted by Crippen LogP contribution is 2.23. The van der Waals surface area contributed by atoms with Gasteiger partial charge in [-0.25, -0.2) is 0 Å². The number of nitriles is 1.